The Balaban J connectivity index is 1.44. The van der Waals surface area contributed by atoms with Gasteiger partial charge in [-0.25, -0.2) is 13.2 Å². The van der Waals surface area contributed by atoms with E-state index >= 15 is 0 Å². The topological polar surface area (TPSA) is 112 Å². The van der Waals surface area contributed by atoms with Crippen molar-refractivity contribution in [3.63, 3.8) is 0 Å². The number of benzene rings is 1. The summed E-state index contributed by atoms with van der Waals surface area (Å²) in [5.41, 5.74) is 0.221. The van der Waals surface area contributed by atoms with Gasteiger partial charge in [0.2, 0.25) is 10.0 Å². The van der Waals surface area contributed by atoms with Crippen molar-refractivity contribution in [1.29, 1.82) is 0 Å². The number of amides is 1. The van der Waals surface area contributed by atoms with Crippen molar-refractivity contribution < 1.29 is 37.0 Å². The van der Waals surface area contributed by atoms with Crippen molar-refractivity contribution in [2.24, 2.45) is 11.8 Å². The van der Waals surface area contributed by atoms with Gasteiger partial charge in [-0.05, 0) is 45.9 Å². The number of sulfonamides is 1. The van der Waals surface area contributed by atoms with Crippen molar-refractivity contribution in [1.82, 2.24) is 9.21 Å². The van der Waals surface area contributed by atoms with E-state index in [-0.39, 0.29) is 18.0 Å². The van der Waals surface area contributed by atoms with Crippen LogP contribution in [-0.4, -0.2) is 91.5 Å². The van der Waals surface area contributed by atoms with Crippen LogP contribution in [0.25, 0.3) is 0 Å². The number of aryl methyl sites for hydroxylation is 1. The molecule has 41 heavy (non-hydrogen) atoms. The first-order valence-electron chi connectivity index (χ1n) is 14.0. The summed E-state index contributed by atoms with van der Waals surface area (Å²) in [5.74, 6) is -1.79. The molecule has 11 heteroatoms. The molecule has 8 atom stereocenters. The Bertz CT molecular complexity index is 1400. The van der Waals surface area contributed by atoms with Gasteiger partial charge in [-0.1, -0.05) is 48.1 Å². The van der Waals surface area contributed by atoms with Gasteiger partial charge in [-0.3, -0.25) is 9.69 Å². The lowest BCUT2D eigenvalue weighted by Crippen LogP contribution is -2.57. The number of nitrogens with zero attached hydrogens (tertiary/aromatic N) is 2. The minimum Gasteiger partial charge on any atom is -0.461 e. The fourth-order valence-corrected chi connectivity index (χ4v) is 8.16. The summed E-state index contributed by atoms with van der Waals surface area (Å²) in [6, 6.07) is 5.32. The lowest BCUT2D eigenvalue weighted by Gasteiger charge is -2.41. The van der Waals surface area contributed by atoms with Gasteiger partial charge in [0.1, 0.15) is 18.1 Å². The Hall–Kier alpha value is -2.99. The monoisotopic (exact) mass is 584 g/mol. The number of rotatable bonds is 2. The molecule has 0 bridgehead atoms. The number of carbonyl (C=O) groups excluding carboxylic acids is 2. The van der Waals surface area contributed by atoms with E-state index in [1.54, 1.807) is 47.4 Å². The third-order valence-electron chi connectivity index (χ3n) is 8.26. The zero-order valence-electron chi connectivity index (χ0n) is 23.6. The van der Waals surface area contributed by atoms with Crippen molar-refractivity contribution in [2.75, 3.05) is 19.7 Å². The zero-order valence-corrected chi connectivity index (χ0v) is 24.4. The average molecular weight is 585 g/mol. The average Bonchev–Trinajstić information content (AvgIpc) is 3.36. The van der Waals surface area contributed by atoms with Crippen LogP contribution >= 0.6 is 0 Å². The Morgan fingerprint density at radius 2 is 1.59 bits per heavy atom. The van der Waals surface area contributed by atoms with Crippen LogP contribution in [0.1, 0.15) is 26.3 Å². The van der Waals surface area contributed by atoms with E-state index in [0.29, 0.717) is 6.54 Å². The maximum absolute atomic E-state index is 14.4. The number of fused-ring (bicyclic) bond motifs is 6. The minimum atomic E-state index is -4.12. The van der Waals surface area contributed by atoms with Crippen molar-refractivity contribution in [2.45, 2.75) is 74.7 Å². The minimum absolute atomic E-state index is 0.00423. The fourth-order valence-electron chi connectivity index (χ4n) is 6.47. The molecular formula is C30H36N2O8S. The first-order chi connectivity index (χ1) is 19.4. The maximum atomic E-state index is 14.4. The molecule has 0 N–H and O–H groups in total. The summed E-state index contributed by atoms with van der Waals surface area (Å²) in [7, 11) is -4.12. The first kappa shape index (κ1) is 28.1. The van der Waals surface area contributed by atoms with Crippen LogP contribution in [0.4, 0.5) is 4.79 Å². The van der Waals surface area contributed by atoms with Gasteiger partial charge >= 0.3 is 12.1 Å². The fraction of sp³-hybridized carbons (Fsp3) is 0.533. The summed E-state index contributed by atoms with van der Waals surface area (Å²) >= 11 is 0. The largest absolute Gasteiger partial charge is 0.461 e. The summed E-state index contributed by atoms with van der Waals surface area (Å²) in [6.45, 7) is 7.73. The van der Waals surface area contributed by atoms with Crippen molar-refractivity contribution >= 4 is 22.1 Å². The van der Waals surface area contributed by atoms with Crippen LogP contribution < -0.4 is 0 Å². The SMILES string of the molecule is Cc1ccc(S(=O)(=O)N2C[C@H]3[C@H]4[C@@H](C=CCN4C(=O)OC(C)(C)C)O[C@H]3C=C[C@H]3O[C@H]4C=CCOC(=O)[C@H]4[C@@H]32)cc1. The molecule has 1 amide bonds. The number of hydrogen-bond acceptors (Lipinski definition) is 8. The van der Waals surface area contributed by atoms with Gasteiger partial charge in [0.15, 0.2) is 0 Å². The molecule has 1 aromatic carbocycles. The number of hydrogen-bond donors (Lipinski definition) is 0. The first-order valence-corrected chi connectivity index (χ1v) is 15.5. The van der Waals surface area contributed by atoms with Gasteiger partial charge in [0, 0.05) is 19.0 Å². The lowest BCUT2D eigenvalue weighted by molar-refractivity contribution is -0.148. The Labute approximate surface area is 240 Å². The number of carbonyl (C=O) groups is 2. The second kappa shape index (κ2) is 10.4. The quantitative estimate of drug-likeness (QED) is 0.385. The van der Waals surface area contributed by atoms with Gasteiger partial charge in [0.05, 0.1) is 41.4 Å². The molecule has 1 aromatic rings. The molecule has 0 aromatic heterocycles. The molecule has 5 aliphatic heterocycles. The third kappa shape index (κ3) is 5.13. The Morgan fingerprint density at radius 3 is 2.32 bits per heavy atom. The van der Waals surface area contributed by atoms with E-state index in [1.807, 2.05) is 45.9 Å². The highest BCUT2D eigenvalue weighted by Gasteiger charge is 2.58. The highest BCUT2D eigenvalue weighted by Crippen LogP contribution is 2.43. The zero-order chi connectivity index (χ0) is 29.1. The lowest BCUT2D eigenvalue weighted by atomic mass is 9.86. The molecule has 10 nitrogen and oxygen atoms in total. The summed E-state index contributed by atoms with van der Waals surface area (Å²) in [4.78, 5) is 28.3. The molecule has 2 fully saturated rings. The van der Waals surface area contributed by atoms with E-state index in [0.717, 1.165) is 5.56 Å². The predicted molar refractivity (Wildman–Crippen MR) is 148 cm³/mol. The summed E-state index contributed by atoms with van der Waals surface area (Å²) < 4.78 is 54.1. The van der Waals surface area contributed by atoms with Crippen LogP contribution in [0.5, 0.6) is 0 Å². The number of cyclic esters (lactones) is 1. The van der Waals surface area contributed by atoms with E-state index in [2.05, 4.69) is 0 Å². The molecule has 5 heterocycles. The molecular weight excluding hydrogens is 548 g/mol. The number of esters is 1. The Kier molecular flexibility index (Phi) is 7.12. The van der Waals surface area contributed by atoms with Crippen LogP contribution in [0.3, 0.4) is 0 Å². The van der Waals surface area contributed by atoms with Gasteiger partial charge in [-0.2, -0.15) is 4.31 Å². The number of ether oxygens (including phenoxy) is 4. The molecule has 6 rings (SSSR count). The summed E-state index contributed by atoms with van der Waals surface area (Å²) in [6.07, 6.45) is 8.20. The van der Waals surface area contributed by atoms with Crippen molar-refractivity contribution in [3.8, 4) is 0 Å². The van der Waals surface area contributed by atoms with Gasteiger partial charge < -0.3 is 18.9 Å². The van der Waals surface area contributed by atoms with Crippen LogP contribution in [0, 0.1) is 18.8 Å². The molecule has 0 aliphatic carbocycles. The van der Waals surface area contributed by atoms with E-state index in [9.17, 15) is 18.0 Å². The molecule has 0 unspecified atom stereocenters. The third-order valence-corrected chi connectivity index (χ3v) is 10.1. The normalized spacial score (nSPS) is 34.9. The molecule has 220 valence electrons. The van der Waals surface area contributed by atoms with Crippen LogP contribution in [0.15, 0.2) is 65.6 Å². The van der Waals surface area contributed by atoms with E-state index in [4.69, 9.17) is 18.9 Å². The molecule has 5 aliphatic rings. The second-order valence-corrected chi connectivity index (χ2v) is 14.1. The van der Waals surface area contributed by atoms with Crippen LogP contribution in [0.2, 0.25) is 0 Å². The molecule has 0 saturated carbocycles. The smallest absolute Gasteiger partial charge is 0.410 e. The molecule has 0 radical (unpaired) electrons. The van der Waals surface area contributed by atoms with E-state index in [1.165, 1.54) is 4.31 Å². The second-order valence-electron chi connectivity index (χ2n) is 12.2. The highest BCUT2D eigenvalue weighted by molar-refractivity contribution is 7.89. The Morgan fingerprint density at radius 1 is 0.927 bits per heavy atom. The van der Waals surface area contributed by atoms with Crippen molar-refractivity contribution in [3.05, 3.63) is 66.3 Å². The maximum Gasteiger partial charge on any atom is 0.410 e. The van der Waals surface area contributed by atoms with E-state index < -0.39 is 76.0 Å². The highest BCUT2D eigenvalue weighted by atomic mass is 32.2. The molecule has 0 spiro atoms. The predicted octanol–water partition coefficient (Wildman–Crippen LogP) is 2.98. The van der Waals surface area contributed by atoms with Gasteiger partial charge in [-0.15, -0.1) is 0 Å². The standard InChI is InChI=1S/C30H36N2O8S/c1-18-9-11-19(12-10-18)41(35,36)32-17-20-21(13-14-24-27(32)25-22(39-24)8-6-16-37-28(25)33)38-23-7-5-15-31(26(20)23)29(34)40-30(2,3)4/h5-14,20-27H,15-17H2,1-4H3/t20-,21+,22+,23-,24-,25-,26+,27-/m1/s1. The summed E-state index contributed by atoms with van der Waals surface area (Å²) in [5, 5.41) is 0. The van der Waals surface area contributed by atoms with Crippen LogP contribution in [-0.2, 0) is 33.8 Å². The van der Waals surface area contributed by atoms with Gasteiger partial charge in [0.25, 0.3) is 0 Å². The molecule has 2 saturated heterocycles.